The lowest BCUT2D eigenvalue weighted by molar-refractivity contribution is -0.128. The number of allylic oxidation sites excluding steroid dienone is 3. The van der Waals surface area contributed by atoms with Crippen LogP contribution in [0.3, 0.4) is 0 Å². The first kappa shape index (κ1) is 19.2. The van der Waals surface area contributed by atoms with E-state index in [4.69, 9.17) is 4.74 Å². The first-order valence-electron chi connectivity index (χ1n) is 9.00. The second-order valence-electron chi connectivity index (χ2n) is 6.82. The fourth-order valence-electron chi connectivity index (χ4n) is 3.21. The van der Waals surface area contributed by atoms with E-state index in [0.717, 1.165) is 4.88 Å². The largest absolute Gasteiger partial charge is 0.394 e. The molecule has 0 aliphatic carbocycles. The summed E-state index contributed by atoms with van der Waals surface area (Å²) in [6.45, 7) is 1.76. The molecule has 1 aliphatic rings. The Kier molecular flexibility index (Phi) is 6.59. The maximum absolute atomic E-state index is 14.4. The minimum atomic E-state index is -0.561. The molecule has 26 heavy (non-hydrogen) atoms. The average molecular weight is 376 g/mol. The third kappa shape index (κ3) is 4.80. The predicted octanol–water partition coefficient (Wildman–Crippen LogP) is 4.53. The topological polar surface area (TPSA) is 49.7 Å². The van der Waals surface area contributed by atoms with Crippen LogP contribution in [0, 0.1) is 0 Å². The quantitative estimate of drug-likeness (QED) is 0.728. The van der Waals surface area contributed by atoms with Crippen LogP contribution in [0.5, 0.6) is 0 Å². The van der Waals surface area contributed by atoms with Crippen molar-refractivity contribution in [1.82, 2.24) is 0 Å². The van der Waals surface area contributed by atoms with Crippen LogP contribution in [-0.2, 0) is 11.2 Å². The number of aliphatic hydroxyl groups excluding tert-OH is 2. The maximum atomic E-state index is 14.4. The molecule has 5 heteroatoms. The molecule has 1 aromatic heterocycles. The fraction of sp³-hybridized carbons (Fsp3) is 0.429. The van der Waals surface area contributed by atoms with Gasteiger partial charge < -0.3 is 14.9 Å². The number of hydrogen-bond acceptors (Lipinski definition) is 4. The Morgan fingerprint density at radius 2 is 2.15 bits per heavy atom. The van der Waals surface area contributed by atoms with Crippen molar-refractivity contribution in [2.24, 2.45) is 0 Å². The van der Waals surface area contributed by atoms with Gasteiger partial charge in [-0.25, -0.2) is 4.39 Å². The second-order valence-corrected chi connectivity index (χ2v) is 7.99. The summed E-state index contributed by atoms with van der Waals surface area (Å²) in [5.74, 6) is -0.244. The number of rotatable bonds is 6. The van der Waals surface area contributed by atoms with Gasteiger partial charge in [-0.05, 0) is 55.4 Å². The summed E-state index contributed by atoms with van der Waals surface area (Å²) in [5, 5.41) is 20.4. The van der Waals surface area contributed by atoms with Crippen LogP contribution < -0.4 is 0 Å². The number of aliphatic hydroxyl groups is 2. The summed E-state index contributed by atoms with van der Waals surface area (Å²) in [7, 11) is 0. The Hall–Kier alpha value is -1.53. The summed E-state index contributed by atoms with van der Waals surface area (Å²) in [6, 6.07) is 10.3. The molecule has 3 atom stereocenters. The Bertz CT molecular complexity index is 762. The number of ether oxygens (including phenoxy) is 1. The van der Waals surface area contributed by atoms with Crippen LogP contribution in [-0.4, -0.2) is 35.1 Å². The van der Waals surface area contributed by atoms with Crippen molar-refractivity contribution in [2.75, 3.05) is 6.61 Å². The van der Waals surface area contributed by atoms with Gasteiger partial charge in [0.25, 0.3) is 0 Å². The Morgan fingerprint density at radius 3 is 2.92 bits per heavy atom. The molecule has 3 unspecified atom stereocenters. The van der Waals surface area contributed by atoms with Crippen molar-refractivity contribution in [3.05, 3.63) is 58.8 Å². The lowest BCUT2D eigenvalue weighted by Gasteiger charge is -2.32. The van der Waals surface area contributed by atoms with Crippen molar-refractivity contribution < 1.29 is 19.3 Å². The van der Waals surface area contributed by atoms with E-state index >= 15 is 0 Å². The molecule has 2 heterocycles. The normalized spacial score (nSPS) is 25.0. The highest BCUT2D eigenvalue weighted by atomic mass is 32.1. The van der Waals surface area contributed by atoms with Crippen LogP contribution in [0.1, 0.15) is 31.1 Å². The molecule has 1 saturated heterocycles. The average Bonchev–Trinajstić information content (AvgIpc) is 3.05. The highest BCUT2D eigenvalue weighted by Crippen LogP contribution is 2.28. The molecule has 1 fully saturated rings. The summed E-state index contributed by atoms with van der Waals surface area (Å²) < 4.78 is 21.2. The fourth-order valence-corrected chi connectivity index (χ4v) is 4.36. The first-order valence-corrected chi connectivity index (χ1v) is 9.82. The van der Waals surface area contributed by atoms with Crippen LogP contribution in [0.4, 0.5) is 4.39 Å². The minimum Gasteiger partial charge on any atom is -0.394 e. The molecular formula is C21H25FO3S. The van der Waals surface area contributed by atoms with Crippen LogP contribution in [0.25, 0.3) is 10.1 Å². The van der Waals surface area contributed by atoms with Gasteiger partial charge in [0.05, 0.1) is 24.9 Å². The third-order valence-electron chi connectivity index (χ3n) is 4.74. The van der Waals surface area contributed by atoms with E-state index < -0.39 is 6.10 Å². The van der Waals surface area contributed by atoms with Gasteiger partial charge in [-0.15, -0.1) is 11.3 Å². The van der Waals surface area contributed by atoms with Crippen molar-refractivity contribution in [3.8, 4) is 0 Å². The maximum Gasteiger partial charge on any atom is 0.122 e. The molecule has 1 aromatic carbocycles. The predicted molar refractivity (Wildman–Crippen MR) is 104 cm³/mol. The molecule has 0 radical (unpaired) electrons. The molecule has 0 saturated carbocycles. The van der Waals surface area contributed by atoms with E-state index in [0.29, 0.717) is 31.3 Å². The van der Waals surface area contributed by atoms with Gasteiger partial charge in [0, 0.05) is 16.0 Å². The third-order valence-corrected chi connectivity index (χ3v) is 5.86. The molecule has 0 spiro atoms. The molecular weight excluding hydrogens is 351 g/mol. The zero-order chi connectivity index (χ0) is 18.5. The molecule has 1 aliphatic heterocycles. The van der Waals surface area contributed by atoms with Crippen molar-refractivity contribution in [1.29, 1.82) is 0 Å². The number of benzene rings is 1. The smallest absolute Gasteiger partial charge is 0.122 e. The summed E-state index contributed by atoms with van der Waals surface area (Å²) >= 11 is 1.69. The Morgan fingerprint density at radius 1 is 1.35 bits per heavy atom. The second kappa shape index (κ2) is 8.91. The van der Waals surface area contributed by atoms with Gasteiger partial charge in [0.15, 0.2) is 0 Å². The van der Waals surface area contributed by atoms with Crippen molar-refractivity contribution in [3.63, 3.8) is 0 Å². The highest BCUT2D eigenvalue weighted by molar-refractivity contribution is 7.19. The van der Waals surface area contributed by atoms with Gasteiger partial charge in [0.1, 0.15) is 5.83 Å². The van der Waals surface area contributed by atoms with Gasteiger partial charge >= 0.3 is 0 Å². The number of thiophene rings is 1. The van der Waals surface area contributed by atoms with E-state index in [1.807, 2.05) is 12.1 Å². The Balaban J connectivity index is 1.59. The molecule has 0 amide bonds. The molecule has 3 nitrogen and oxygen atoms in total. The standard InChI is InChI=1S/C21H25FO3S/c1-14(11-17-12-15-5-2-3-8-21(15)26-17)18(22)6-4-7-20-19(24)10-9-16(13-23)25-20/h2-6,8,12,16,19-20,23-24H,7,9-11,13H2,1H3/b6-4-,18-14-. The first-order chi connectivity index (χ1) is 12.6. The van der Waals surface area contributed by atoms with E-state index in [1.165, 1.54) is 16.2 Å². The van der Waals surface area contributed by atoms with Gasteiger partial charge in [-0.1, -0.05) is 24.3 Å². The van der Waals surface area contributed by atoms with Crippen LogP contribution in [0.15, 0.2) is 53.9 Å². The summed E-state index contributed by atoms with van der Waals surface area (Å²) in [5.41, 5.74) is 0.686. The van der Waals surface area contributed by atoms with Crippen molar-refractivity contribution >= 4 is 21.4 Å². The highest BCUT2D eigenvalue weighted by Gasteiger charge is 2.28. The van der Waals surface area contributed by atoms with E-state index in [9.17, 15) is 14.6 Å². The monoisotopic (exact) mass is 376 g/mol. The van der Waals surface area contributed by atoms with Gasteiger partial charge in [-0.2, -0.15) is 0 Å². The molecule has 3 rings (SSSR count). The summed E-state index contributed by atoms with van der Waals surface area (Å²) in [4.78, 5) is 1.14. The SMILES string of the molecule is C/C(Cc1cc2ccccc2s1)=C(F)\C=C/CC1OC(CO)CCC1O. The number of hydrogen-bond donors (Lipinski definition) is 2. The number of fused-ring (bicyclic) bond motifs is 1. The lowest BCUT2D eigenvalue weighted by atomic mass is 9.99. The van der Waals surface area contributed by atoms with Gasteiger partial charge in [-0.3, -0.25) is 0 Å². The van der Waals surface area contributed by atoms with E-state index in [2.05, 4.69) is 18.2 Å². The zero-order valence-corrected chi connectivity index (χ0v) is 15.7. The minimum absolute atomic E-state index is 0.0462. The van der Waals surface area contributed by atoms with Crippen LogP contribution >= 0.6 is 11.3 Å². The van der Waals surface area contributed by atoms with Gasteiger partial charge in [0.2, 0.25) is 0 Å². The van der Waals surface area contributed by atoms with E-state index in [-0.39, 0.29) is 24.6 Å². The molecule has 0 bridgehead atoms. The molecule has 140 valence electrons. The zero-order valence-electron chi connectivity index (χ0n) is 14.9. The summed E-state index contributed by atoms with van der Waals surface area (Å²) in [6.07, 6.45) is 4.27. The van der Waals surface area contributed by atoms with E-state index in [1.54, 1.807) is 24.3 Å². The lowest BCUT2D eigenvalue weighted by Crippen LogP contribution is -2.39. The Labute approximate surface area is 157 Å². The molecule has 2 N–H and O–H groups in total. The van der Waals surface area contributed by atoms with Crippen LogP contribution in [0.2, 0.25) is 0 Å². The van der Waals surface area contributed by atoms with Crippen molar-refractivity contribution in [2.45, 2.75) is 50.9 Å². The number of halogens is 1. The molecule has 2 aromatic rings.